The standard InChI is InChI=1S/C19H14ClF2N3O3/c1-10-7-11(2)25(24-10)17-6-4-13(20)18(23-17)19(27)28-9-16(26)12-3-5-14(21)15(22)8-12/h3-8H,9H2,1-2H3. The molecule has 3 aromatic rings. The summed E-state index contributed by atoms with van der Waals surface area (Å²) in [5, 5.41) is 4.32. The van der Waals surface area contributed by atoms with E-state index in [1.165, 1.54) is 10.7 Å². The van der Waals surface area contributed by atoms with Gasteiger partial charge in [0.05, 0.1) is 10.7 Å². The summed E-state index contributed by atoms with van der Waals surface area (Å²) in [4.78, 5) is 28.5. The van der Waals surface area contributed by atoms with Gasteiger partial charge >= 0.3 is 5.97 Å². The lowest BCUT2D eigenvalue weighted by Crippen LogP contribution is -2.17. The topological polar surface area (TPSA) is 74.1 Å². The van der Waals surface area contributed by atoms with E-state index in [-0.39, 0.29) is 16.3 Å². The van der Waals surface area contributed by atoms with Crippen molar-refractivity contribution in [1.82, 2.24) is 14.8 Å². The molecule has 144 valence electrons. The Morgan fingerprint density at radius 3 is 2.50 bits per heavy atom. The van der Waals surface area contributed by atoms with Crippen molar-refractivity contribution in [3.05, 3.63) is 75.7 Å². The summed E-state index contributed by atoms with van der Waals surface area (Å²) in [5.41, 5.74) is 1.27. The van der Waals surface area contributed by atoms with Crippen LogP contribution in [-0.4, -0.2) is 33.1 Å². The molecule has 3 rings (SSSR count). The number of ketones is 1. The molecule has 0 saturated carbocycles. The first-order valence-electron chi connectivity index (χ1n) is 8.12. The van der Waals surface area contributed by atoms with Crippen molar-refractivity contribution in [2.24, 2.45) is 0 Å². The SMILES string of the molecule is Cc1cc(C)n(-c2ccc(Cl)c(C(=O)OCC(=O)c3ccc(F)c(F)c3)n2)n1. The lowest BCUT2D eigenvalue weighted by Gasteiger charge is -2.08. The second-order valence-electron chi connectivity index (χ2n) is 5.97. The predicted molar refractivity (Wildman–Crippen MR) is 96.8 cm³/mol. The van der Waals surface area contributed by atoms with Gasteiger partial charge in [-0.05, 0) is 50.2 Å². The van der Waals surface area contributed by atoms with Gasteiger partial charge in [0.1, 0.15) is 0 Å². The molecule has 0 saturated heterocycles. The highest BCUT2D eigenvalue weighted by Crippen LogP contribution is 2.19. The van der Waals surface area contributed by atoms with Crippen LogP contribution in [-0.2, 0) is 4.74 Å². The maximum atomic E-state index is 13.2. The van der Waals surface area contributed by atoms with E-state index in [0.717, 1.165) is 29.6 Å². The van der Waals surface area contributed by atoms with Crippen LogP contribution in [0, 0.1) is 25.5 Å². The number of hydrogen-bond acceptors (Lipinski definition) is 5. The normalized spacial score (nSPS) is 10.8. The van der Waals surface area contributed by atoms with Crippen molar-refractivity contribution < 1.29 is 23.1 Å². The summed E-state index contributed by atoms with van der Waals surface area (Å²) in [7, 11) is 0. The van der Waals surface area contributed by atoms with Crippen LogP contribution in [0.4, 0.5) is 8.78 Å². The Labute approximate surface area is 163 Å². The van der Waals surface area contributed by atoms with Crippen LogP contribution in [0.15, 0.2) is 36.4 Å². The van der Waals surface area contributed by atoms with Crippen LogP contribution in [0.2, 0.25) is 5.02 Å². The van der Waals surface area contributed by atoms with Gasteiger partial charge < -0.3 is 4.74 Å². The molecule has 6 nitrogen and oxygen atoms in total. The van der Waals surface area contributed by atoms with Crippen molar-refractivity contribution in [3.8, 4) is 5.82 Å². The van der Waals surface area contributed by atoms with Crippen molar-refractivity contribution in [3.63, 3.8) is 0 Å². The zero-order valence-electron chi connectivity index (χ0n) is 14.9. The fourth-order valence-corrected chi connectivity index (χ4v) is 2.69. The minimum atomic E-state index is -1.17. The molecular weight excluding hydrogens is 392 g/mol. The van der Waals surface area contributed by atoms with E-state index in [9.17, 15) is 18.4 Å². The Morgan fingerprint density at radius 1 is 1.11 bits per heavy atom. The number of nitrogens with zero attached hydrogens (tertiary/aromatic N) is 3. The monoisotopic (exact) mass is 405 g/mol. The summed E-state index contributed by atoms with van der Waals surface area (Å²) in [6, 6.07) is 7.55. The van der Waals surface area contributed by atoms with Crippen LogP contribution < -0.4 is 0 Å². The molecule has 0 radical (unpaired) electrons. The number of carbonyl (C=O) groups is 2. The zero-order valence-corrected chi connectivity index (χ0v) is 15.6. The number of Topliss-reactive ketones (excluding diaryl/α,β-unsaturated/α-hetero) is 1. The van der Waals surface area contributed by atoms with E-state index in [0.29, 0.717) is 5.82 Å². The summed E-state index contributed by atoms with van der Waals surface area (Å²) >= 11 is 6.02. The molecule has 2 heterocycles. The maximum absolute atomic E-state index is 13.2. The number of esters is 1. The molecule has 0 amide bonds. The molecule has 28 heavy (non-hydrogen) atoms. The number of aromatic nitrogens is 3. The first-order valence-corrected chi connectivity index (χ1v) is 8.49. The van der Waals surface area contributed by atoms with Crippen LogP contribution in [0.5, 0.6) is 0 Å². The third-order valence-electron chi connectivity index (χ3n) is 3.83. The quantitative estimate of drug-likeness (QED) is 0.476. The maximum Gasteiger partial charge on any atom is 0.359 e. The molecule has 9 heteroatoms. The highest BCUT2D eigenvalue weighted by molar-refractivity contribution is 6.33. The fourth-order valence-electron chi connectivity index (χ4n) is 2.51. The summed E-state index contributed by atoms with van der Waals surface area (Å²) < 4.78 is 32.7. The molecule has 0 unspecified atom stereocenters. The molecular formula is C19H14ClF2N3O3. The first kappa shape index (κ1) is 19.6. The number of benzene rings is 1. The van der Waals surface area contributed by atoms with Gasteiger partial charge in [0.25, 0.3) is 0 Å². The summed E-state index contributed by atoms with van der Waals surface area (Å²) in [5.74, 6) is -3.51. The molecule has 2 aromatic heterocycles. The van der Waals surface area contributed by atoms with E-state index in [4.69, 9.17) is 16.3 Å². The molecule has 1 aromatic carbocycles. The van der Waals surface area contributed by atoms with Gasteiger partial charge in [0, 0.05) is 11.3 Å². The minimum Gasteiger partial charge on any atom is -0.453 e. The van der Waals surface area contributed by atoms with Gasteiger partial charge in [-0.2, -0.15) is 5.10 Å². The lowest BCUT2D eigenvalue weighted by atomic mass is 10.1. The fraction of sp³-hybridized carbons (Fsp3) is 0.158. The second-order valence-corrected chi connectivity index (χ2v) is 6.37. The number of ether oxygens (including phenoxy) is 1. The molecule has 0 aliphatic rings. The molecule has 0 aliphatic heterocycles. The number of aryl methyl sites for hydroxylation is 2. The average molecular weight is 406 g/mol. The van der Waals surface area contributed by atoms with Crippen LogP contribution in [0.1, 0.15) is 32.2 Å². The number of pyridine rings is 1. The highest BCUT2D eigenvalue weighted by atomic mass is 35.5. The van der Waals surface area contributed by atoms with Crippen molar-refractivity contribution in [2.45, 2.75) is 13.8 Å². The Balaban J connectivity index is 1.77. The van der Waals surface area contributed by atoms with Crippen molar-refractivity contribution >= 4 is 23.4 Å². The number of carbonyl (C=O) groups excluding carboxylic acids is 2. The number of rotatable bonds is 5. The highest BCUT2D eigenvalue weighted by Gasteiger charge is 2.19. The average Bonchev–Trinajstić information content (AvgIpc) is 3.00. The van der Waals surface area contributed by atoms with E-state index in [1.54, 1.807) is 6.07 Å². The molecule has 0 spiro atoms. The minimum absolute atomic E-state index is 0.0376. The predicted octanol–water partition coefficient (Wildman–Crippen LogP) is 3.86. The van der Waals surface area contributed by atoms with E-state index >= 15 is 0 Å². The van der Waals surface area contributed by atoms with Crippen LogP contribution in [0.3, 0.4) is 0 Å². The van der Waals surface area contributed by atoms with Crippen molar-refractivity contribution in [1.29, 1.82) is 0 Å². The molecule has 0 fully saturated rings. The Kier molecular flexibility index (Phi) is 5.51. The first-order chi connectivity index (χ1) is 13.3. The molecule has 0 bridgehead atoms. The largest absolute Gasteiger partial charge is 0.453 e. The lowest BCUT2D eigenvalue weighted by molar-refractivity contribution is 0.0469. The van der Waals surface area contributed by atoms with E-state index in [2.05, 4.69) is 10.1 Å². The van der Waals surface area contributed by atoms with E-state index < -0.39 is 30.0 Å². The van der Waals surface area contributed by atoms with Crippen molar-refractivity contribution in [2.75, 3.05) is 6.61 Å². The third-order valence-corrected chi connectivity index (χ3v) is 4.13. The zero-order chi connectivity index (χ0) is 20.4. The smallest absolute Gasteiger partial charge is 0.359 e. The van der Waals surface area contributed by atoms with Gasteiger partial charge in [-0.3, -0.25) is 4.79 Å². The third kappa shape index (κ3) is 4.07. The Bertz CT molecular complexity index is 1080. The molecule has 0 atom stereocenters. The van der Waals surface area contributed by atoms with Gasteiger partial charge in [0.2, 0.25) is 0 Å². The summed E-state index contributed by atoms with van der Waals surface area (Å²) in [6.45, 7) is 2.97. The van der Waals surface area contributed by atoms with Gasteiger partial charge in [-0.15, -0.1) is 0 Å². The van der Waals surface area contributed by atoms with Crippen LogP contribution >= 0.6 is 11.6 Å². The van der Waals surface area contributed by atoms with Crippen LogP contribution in [0.25, 0.3) is 5.82 Å². The Morgan fingerprint density at radius 2 is 1.86 bits per heavy atom. The number of halogens is 3. The second kappa shape index (κ2) is 7.85. The van der Waals surface area contributed by atoms with Gasteiger partial charge in [0.15, 0.2) is 35.5 Å². The Hall–Kier alpha value is -3.13. The van der Waals surface area contributed by atoms with E-state index in [1.807, 2.05) is 19.9 Å². The van der Waals surface area contributed by atoms with Gasteiger partial charge in [-0.1, -0.05) is 11.6 Å². The number of hydrogen-bond donors (Lipinski definition) is 0. The van der Waals surface area contributed by atoms with Gasteiger partial charge in [-0.25, -0.2) is 23.2 Å². The molecule has 0 aliphatic carbocycles. The molecule has 0 N–H and O–H groups in total. The summed E-state index contributed by atoms with van der Waals surface area (Å²) in [6.07, 6.45) is 0.